The van der Waals surface area contributed by atoms with Crippen molar-refractivity contribution in [3.63, 3.8) is 0 Å². The van der Waals surface area contributed by atoms with Crippen molar-refractivity contribution in [2.75, 3.05) is 18.5 Å². The molecule has 0 spiro atoms. The van der Waals surface area contributed by atoms with E-state index in [-0.39, 0.29) is 54.3 Å². The first-order chi connectivity index (χ1) is 19.3. The molecule has 1 saturated heterocycles. The van der Waals surface area contributed by atoms with Gasteiger partial charge in [-0.15, -0.1) is 0 Å². The van der Waals surface area contributed by atoms with Gasteiger partial charge in [-0.25, -0.2) is 4.79 Å². The molecule has 2 aliphatic carbocycles. The van der Waals surface area contributed by atoms with Gasteiger partial charge < -0.3 is 25.7 Å². The van der Waals surface area contributed by atoms with E-state index in [9.17, 15) is 32.8 Å². The van der Waals surface area contributed by atoms with Gasteiger partial charge in [0.25, 0.3) is 0 Å². The van der Waals surface area contributed by atoms with Crippen molar-refractivity contribution >= 4 is 23.3 Å². The number of ketones is 1. The molecule has 218 valence electrons. The predicted octanol–water partition coefficient (Wildman–Crippen LogP) is 3.96. The Bertz CT molecular complexity index is 1470. The maximum absolute atomic E-state index is 14.5. The highest BCUT2D eigenvalue weighted by Crippen LogP contribution is 2.46. The molecule has 1 aliphatic heterocycles. The van der Waals surface area contributed by atoms with Crippen LogP contribution in [0.15, 0.2) is 18.2 Å². The van der Waals surface area contributed by atoms with Gasteiger partial charge in [0.1, 0.15) is 11.8 Å². The normalized spacial score (nSPS) is 24.9. The van der Waals surface area contributed by atoms with Gasteiger partial charge in [0.05, 0.1) is 35.0 Å². The molecule has 0 bridgehead atoms. The first-order valence-corrected chi connectivity index (χ1v) is 13.6. The zero-order chi connectivity index (χ0) is 29.9. The van der Waals surface area contributed by atoms with Crippen LogP contribution < -0.4 is 16.4 Å². The highest BCUT2D eigenvalue weighted by atomic mass is 19.4. The molecular formula is C29H32F3N5O4. The van der Waals surface area contributed by atoms with Crippen molar-refractivity contribution in [3.05, 3.63) is 46.3 Å². The number of rotatable bonds is 6. The van der Waals surface area contributed by atoms with Crippen LogP contribution in [0.1, 0.15) is 77.7 Å². The Kier molecular flexibility index (Phi) is 7.14. The number of primary amides is 1. The van der Waals surface area contributed by atoms with Gasteiger partial charge >= 0.3 is 12.1 Å². The van der Waals surface area contributed by atoms with E-state index in [4.69, 9.17) is 10.5 Å². The average molecular weight is 572 g/mol. The molecule has 41 heavy (non-hydrogen) atoms. The van der Waals surface area contributed by atoms with Crippen LogP contribution in [-0.2, 0) is 22.1 Å². The van der Waals surface area contributed by atoms with Crippen LogP contribution >= 0.6 is 0 Å². The maximum Gasteiger partial charge on any atom is 0.419 e. The minimum Gasteiger partial charge on any atom is -0.461 e. The van der Waals surface area contributed by atoms with Crippen molar-refractivity contribution in [2.24, 2.45) is 23.0 Å². The van der Waals surface area contributed by atoms with Crippen LogP contribution in [0.4, 0.5) is 18.9 Å². The minimum atomic E-state index is -4.99. The first-order valence-electron chi connectivity index (χ1n) is 13.6. The number of aromatic nitrogens is 1. The lowest BCUT2D eigenvalue weighted by Crippen LogP contribution is -2.41. The number of carbonyl (C=O) groups excluding carboxylic acids is 3. The summed E-state index contributed by atoms with van der Waals surface area (Å²) in [7, 11) is 0. The summed E-state index contributed by atoms with van der Waals surface area (Å²) in [6.07, 6.45) is -3.64. The smallest absolute Gasteiger partial charge is 0.419 e. The number of Topliss-reactive ketones (excluding diaryl/α,β-unsaturated/α-hetero) is 1. The lowest BCUT2D eigenvalue weighted by Gasteiger charge is -2.30. The minimum absolute atomic E-state index is 0.0354. The summed E-state index contributed by atoms with van der Waals surface area (Å²) < 4.78 is 49.8. The Morgan fingerprint density at radius 2 is 2.00 bits per heavy atom. The number of halogens is 3. The van der Waals surface area contributed by atoms with Gasteiger partial charge in [-0.05, 0) is 68.2 Å². The zero-order valence-corrected chi connectivity index (χ0v) is 23.0. The van der Waals surface area contributed by atoms with Gasteiger partial charge in [0.15, 0.2) is 5.78 Å². The molecule has 5 rings (SSSR count). The SMILES string of the molecule is CCOC(=O)c1c(C(F)(F)F)c2c(n1-c1ccc(C#N)c(N[C@H]3C[C@@H]4CN[C@H](C(N)=O)[C@H]4C3)c1)CC(C)(C)CC2=O. The molecule has 1 saturated carbocycles. The Labute approximate surface area is 235 Å². The molecule has 3 aliphatic rings. The monoisotopic (exact) mass is 571 g/mol. The number of benzene rings is 1. The van der Waals surface area contributed by atoms with E-state index in [0.717, 1.165) is 0 Å². The van der Waals surface area contributed by atoms with E-state index in [1.54, 1.807) is 13.8 Å². The van der Waals surface area contributed by atoms with E-state index in [1.165, 1.54) is 29.7 Å². The number of esters is 1. The topological polar surface area (TPSA) is 139 Å². The van der Waals surface area contributed by atoms with Gasteiger partial charge in [0.2, 0.25) is 5.91 Å². The van der Waals surface area contributed by atoms with Crippen LogP contribution in [0.25, 0.3) is 5.69 Å². The number of fused-ring (bicyclic) bond motifs is 2. The second-order valence-corrected chi connectivity index (χ2v) is 11.9. The Balaban J connectivity index is 1.63. The number of nitriles is 1. The number of ether oxygens (including phenoxy) is 1. The van der Waals surface area contributed by atoms with E-state index in [2.05, 4.69) is 16.7 Å². The fourth-order valence-electron chi connectivity index (χ4n) is 6.85. The molecule has 4 N–H and O–H groups in total. The number of nitrogens with two attached hydrogens (primary N) is 1. The highest BCUT2D eigenvalue weighted by molar-refractivity contribution is 6.05. The van der Waals surface area contributed by atoms with Gasteiger partial charge in [0, 0.05) is 23.8 Å². The molecule has 1 amide bonds. The van der Waals surface area contributed by atoms with Crippen LogP contribution in [-0.4, -0.2) is 47.5 Å². The Morgan fingerprint density at radius 3 is 2.63 bits per heavy atom. The summed E-state index contributed by atoms with van der Waals surface area (Å²) in [5.74, 6) is -2.04. The quantitative estimate of drug-likeness (QED) is 0.446. The fraction of sp³-hybridized carbons (Fsp3) is 0.517. The van der Waals surface area contributed by atoms with E-state index in [1.807, 2.05) is 0 Å². The largest absolute Gasteiger partial charge is 0.461 e. The highest BCUT2D eigenvalue weighted by Gasteiger charge is 2.49. The number of carbonyl (C=O) groups is 3. The number of alkyl halides is 3. The number of nitrogens with zero attached hydrogens (tertiary/aromatic N) is 2. The second-order valence-electron chi connectivity index (χ2n) is 11.9. The standard InChI is InChI=1S/C29H32F3N5O4/c1-4-41-27(40)25-23(29(30,31)32)22-20(10-28(2,3)11-21(22)38)37(25)17-6-5-14(12-33)19(9-17)36-16-7-15-13-35-24(26(34)39)18(15)8-16/h5-6,9,15-16,18,24,35-36H,4,7-8,10-11,13H2,1-3H3,(H2,34,39)/t15-,16+,18+,24+/m1/s1. The predicted molar refractivity (Wildman–Crippen MR) is 142 cm³/mol. The lowest BCUT2D eigenvalue weighted by molar-refractivity contribution is -0.138. The number of anilines is 1. The summed E-state index contributed by atoms with van der Waals surface area (Å²) in [5.41, 5.74) is 3.28. The van der Waals surface area contributed by atoms with E-state index < -0.39 is 52.1 Å². The zero-order valence-electron chi connectivity index (χ0n) is 23.0. The summed E-state index contributed by atoms with van der Waals surface area (Å²) in [6.45, 7) is 5.56. The van der Waals surface area contributed by atoms with Crippen LogP contribution in [0.3, 0.4) is 0 Å². The molecule has 2 fully saturated rings. The van der Waals surface area contributed by atoms with Crippen LogP contribution in [0.5, 0.6) is 0 Å². The van der Waals surface area contributed by atoms with Crippen molar-refractivity contribution < 1.29 is 32.3 Å². The molecule has 2 heterocycles. The van der Waals surface area contributed by atoms with Crippen molar-refractivity contribution in [1.82, 2.24) is 9.88 Å². The molecule has 0 radical (unpaired) electrons. The van der Waals surface area contributed by atoms with Gasteiger partial charge in [-0.2, -0.15) is 18.4 Å². The molecule has 1 aromatic heterocycles. The fourth-order valence-corrected chi connectivity index (χ4v) is 6.85. The third-order valence-electron chi connectivity index (χ3n) is 8.41. The average Bonchev–Trinajstić information content (AvgIpc) is 3.54. The number of nitrogens with one attached hydrogen (secondary N) is 2. The third-order valence-corrected chi connectivity index (χ3v) is 8.41. The van der Waals surface area contributed by atoms with E-state index in [0.29, 0.717) is 25.1 Å². The van der Waals surface area contributed by atoms with Gasteiger partial charge in [-0.3, -0.25) is 9.59 Å². The Hall–Kier alpha value is -3.85. The molecule has 0 unspecified atom stereocenters. The number of hydrogen-bond donors (Lipinski definition) is 3. The summed E-state index contributed by atoms with van der Waals surface area (Å²) in [6, 6.07) is 6.05. The first kappa shape index (κ1) is 28.7. The molecule has 2 aromatic rings. The summed E-state index contributed by atoms with van der Waals surface area (Å²) >= 11 is 0. The number of hydrogen-bond acceptors (Lipinski definition) is 7. The van der Waals surface area contributed by atoms with Crippen LogP contribution in [0.2, 0.25) is 0 Å². The number of amides is 1. The maximum atomic E-state index is 14.5. The van der Waals surface area contributed by atoms with E-state index >= 15 is 0 Å². The molecule has 9 nitrogen and oxygen atoms in total. The van der Waals surface area contributed by atoms with Crippen molar-refractivity contribution in [3.8, 4) is 11.8 Å². The molecule has 4 atom stereocenters. The second kappa shape index (κ2) is 10.2. The Morgan fingerprint density at radius 1 is 1.27 bits per heavy atom. The molecule has 1 aromatic carbocycles. The lowest BCUT2D eigenvalue weighted by atomic mass is 9.75. The van der Waals surface area contributed by atoms with Gasteiger partial charge in [-0.1, -0.05) is 13.8 Å². The summed E-state index contributed by atoms with van der Waals surface area (Å²) in [5, 5.41) is 16.3. The molecule has 12 heteroatoms. The van der Waals surface area contributed by atoms with Crippen molar-refractivity contribution in [1.29, 1.82) is 5.26 Å². The summed E-state index contributed by atoms with van der Waals surface area (Å²) in [4.78, 5) is 38.1. The molecular weight excluding hydrogens is 539 g/mol. The third kappa shape index (κ3) is 5.07. The van der Waals surface area contributed by atoms with Crippen LogP contribution in [0, 0.1) is 28.6 Å². The van der Waals surface area contributed by atoms with Crippen molar-refractivity contribution in [2.45, 2.75) is 64.7 Å².